The molecule has 0 amide bonds. The Balaban J connectivity index is 0.000000424. The van der Waals surface area contributed by atoms with E-state index in [0.29, 0.717) is 6.54 Å². The number of hydrogen-bond acceptors (Lipinski definition) is 4. The third-order valence-corrected chi connectivity index (χ3v) is 2.68. The van der Waals surface area contributed by atoms with E-state index < -0.39 is 11.6 Å². The second-order valence-corrected chi connectivity index (χ2v) is 3.95. The van der Waals surface area contributed by atoms with Crippen LogP contribution in [0.1, 0.15) is 32.6 Å². The Morgan fingerprint density at radius 3 is 2.08 bits per heavy atom. The average molecular weight is 206 g/mol. The molecule has 1 aliphatic carbocycles. The summed E-state index contributed by atoms with van der Waals surface area (Å²) in [6, 6.07) is 0. The highest BCUT2D eigenvalue weighted by molar-refractivity contribution is 7.51. The molecule has 0 aliphatic heterocycles. The second-order valence-electron chi connectivity index (χ2n) is 3.82. The molecule has 0 spiro atoms. The van der Waals surface area contributed by atoms with Crippen LogP contribution in [0.2, 0.25) is 0 Å². The van der Waals surface area contributed by atoms with Crippen LogP contribution in [0.4, 0.5) is 0 Å². The van der Waals surface area contributed by atoms with Crippen LogP contribution in [0.25, 0.3) is 0 Å². The lowest BCUT2D eigenvalue weighted by Gasteiger charge is -2.34. The Bertz CT molecular complexity index is 173. The highest BCUT2D eigenvalue weighted by Crippen LogP contribution is 2.28. The quantitative estimate of drug-likeness (QED) is 0.641. The van der Waals surface area contributed by atoms with E-state index in [2.05, 4.69) is 6.92 Å². The van der Waals surface area contributed by atoms with Crippen LogP contribution in [0.3, 0.4) is 0 Å². The van der Waals surface area contributed by atoms with E-state index in [1.165, 1.54) is 12.8 Å². The third-order valence-electron chi connectivity index (χ3n) is 2.68. The Hall–Kier alpha value is -0.260. The van der Waals surface area contributed by atoms with Crippen molar-refractivity contribution in [2.75, 3.05) is 6.54 Å². The first-order chi connectivity index (χ1) is 6.08. The highest BCUT2D eigenvalue weighted by Gasteiger charge is 2.28. The molecule has 0 atom stereocenters. The summed E-state index contributed by atoms with van der Waals surface area (Å²) in [6.07, 6.45) is 4.75. The van der Waals surface area contributed by atoms with E-state index in [-0.39, 0.29) is 5.54 Å². The molecule has 0 heterocycles. The van der Waals surface area contributed by atoms with Gasteiger partial charge in [-0.15, -0.1) is 0 Å². The maximum Gasteiger partial charge on any atom is 0.335 e. The van der Waals surface area contributed by atoms with E-state index in [4.69, 9.17) is 19.9 Å². The molecule has 0 aromatic heterocycles. The zero-order valence-corrected chi connectivity index (χ0v) is 8.81. The SMILES string of the molecule is CC1CCC(N)(CN)CC1.O=S=O. The minimum Gasteiger partial charge on any atom is -0.329 e. The van der Waals surface area contributed by atoms with E-state index in [0.717, 1.165) is 18.8 Å². The molecule has 0 bridgehead atoms. The molecule has 4 N–H and O–H groups in total. The molecule has 0 radical (unpaired) electrons. The van der Waals surface area contributed by atoms with Crippen molar-refractivity contribution in [2.24, 2.45) is 17.4 Å². The van der Waals surface area contributed by atoms with Gasteiger partial charge in [-0.1, -0.05) is 6.92 Å². The highest BCUT2D eigenvalue weighted by atomic mass is 32.1. The Labute approximate surface area is 82.7 Å². The van der Waals surface area contributed by atoms with Crippen LogP contribution in [0.5, 0.6) is 0 Å². The number of nitrogens with two attached hydrogens (primary N) is 2. The van der Waals surface area contributed by atoms with Crippen molar-refractivity contribution < 1.29 is 8.42 Å². The predicted octanol–water partition coefficient (Wildman–Crippen LogP) is 0.183. The van der Waals surface area contributed by atoms with Crippen LogP contribution in [-0.4, -0.2) is 20.5 Å². The van der Waals surface area contributed by atoms with Crippen molar-refractivity contribution in [1.82, 2.24) is 0 Å². The fraction of sp³-hybridized carbons (Fsp3) is 1.00. The summed E-state index contributed by atoms with van der Waals surface area (Å²) >= 11 is -0.750. The zero-order chi connectivity index (χ0) is 10.3. The molecule has 78 valence electrons. The number of hydrogen-bond donors (Lipinski definition) is 2. The van der Waals surface area contributed by atoms with Crippen molar-refractivity contribution in [3.63, 3.8) is 0 Å². The molecule has 0 aromatic rings. The minimum absolute atomic E-state index is 0.0213. The van der Waals surface area contributed by atoms with Gasteiger partial charge in [0.05, 0.1) is 0 Å². The molecule has 1 aliphatic rings. The molecule has 0 unspecified atom stereocenters. The summed E-state index contributed by atoms with van der Waals surface area (Å²) in [5.41, 5.74) is 11.5. The number of rotatable bonds is 1. The van der Waals surface area contributed by atoms with Gasteiger partial charge in [-0.25, -0.2) is 0 Å². The summed E-state index contributed by atoms with van der Waals surface area (Å²) in [5, 5.41) is 0. The van der Waals surface area contributed by atoms with Gasteiger partial charge < -0.3 is 11.5 Å². The Morgan fingerprint density at radius 2 is 1.77 bits per heavy atom. The molecule has 4 nitrogen and oxygen atoms in total. The summed E-state index contributed by atoms with van der Waals surface area (Å²) in [5.74, 6) is 0.864. The third kappa shape index (κ3) is 5.13. The first kappa shape index (κ1) is 12.7. The van der Waals surface area contributed by atoms with Crippen LogP contribution in [-0.2, 0) is 11.6 Å². The fourth-order valence-electron chi connectivity index (χ4n) is 1.54. The van der Waals surface area contributed by atoms with Crippen molar-refractivity contribution in [3.05, 3.63) is 0 Å². The van der Waals surface area contributed by atoms with Crippen molar-refractivity contribution in [2.45, 2.75) is 38.1 Å². The lowest BCUT2D eigenvalue weighted by Crippen LogP contribution is -2.49. The molecular weight excluding hydrogens is 188 g/mol. The molecule has 1 saturated carbocycles. The molecule has 0 saturated heterocycles. The van der Waals surface area contributed by atoms with Crippen molar-refractivity contribution >= 4 is 11.6 Å². The smallest absolute Gasteiger partial charge is 0.329 e. The molecule has 1 fully saturated rings. The van der Waals surface area contributed by atoms with Gasteiger partial charge in [-0.3, -0.25) is 0 Å². The van der Waals surface area contributed by atoms with Gasteiger partial charge in [-0.2, -0.15) is 8.42 Å². The van der Waals surface area contributed by atoms with E-state index in [1.54, 1.807) is 0 Å². The molecule has 1 rings (SSSR count). The van der Waals surface area contributed by atoms with Crippen molar-refractivity contribution in [3.8, 4) is 0 Å². The second kappa shape index (κ2) is 6.23. The van der Waals surface area contributed by atoms with Gasteiger partial charge in [0.25, 0.3) is 0 Å². The monoisotopic (exact) mass is 206 g/mol. The summed E-state index contributed by atoms with van der Waals surface area (Å²) in [7, 11) is 0. The molecule has 0 aromatic carbocycles. The van der Waals surface area contributed by atoms with Crippen LogP contribution in [0, 0.1) is 5.92 Å². The van der Waals surface area contributed by atoms with Gasteiger partial charge in [-0.05, 0) is 31.6 Å². The normalized spacial score (nSPS) is 33.0. The van der Waals surface area contributed by atoms with Crippen molar-refractivity contribution in [1.29, 1.82) is 0 Å². The average Bonchev–Trinajstić information content (AvgIpc) is 2.12. The summed E-state index contributed by atoms with van der Waals surface area (Å²) < 4.78 is 16.6. The van der Waals surface area contributed by atoms with Crippen LogP contribution < -0.4 is 11.5 Å². The first-order valence-electron chi connectivity index (χ1n) is 4.48. The summed E-state index contributed by atoms with van der Waals surface area (Å²) in [4.78, 5) is 0. The predicted molar refractivity (Wildman–Crippen MR) is 52.5 cm³/mol. The Kier molecular flexibility index (Phi) is 6.11. The lowest BCUT2D eigenvalue weighted by molar-refractivity contribution is 0.251. The van der Waals surface area contributed by atoms with Gasteiger partial charge in [0.1, 0.15) is 0 Å². The molecule has 13 heavy (non-hydrogen) atoms. The molecule has 5 heteroatoms. The van der Waals surface area contributed by atoms with E-state index in [1.807, 2.05) is 0 Å². The standard InChI is InChI=1S/C8H18N2.O2S/c1-7-2-4-8(10,6-9)5-3-7;1-3-2/h7H,2-6,9-10H2,1H3;. The zero-order valence-electron chi connectivity index (χ0n) is 7.99. The largest absolute Gasteiger partial charge is 0.335 e. The molecular formula is C8H18N2O2S. The fourth-order valence-corrected chi connectivity index (χ4v) is 1.54. The first-order valence-corrected chi connectivity index (χ1v) is 5.15. The maximum atomic E-state index is 8.29. The van der Waals surface area contributed by atoms with Crippen LogP contribution in [0.15, 0.2) is 0 Å². The van der Waals surface area contributed by atoms with E-state index >= 15 is 0 Å². The Morgan fingerprint density at radius 1 is 1.38 bits per heavy atom. The van der Waals surface area contributed by atoms with Gasteiger partial charge >= 0.3 is 11.6 Å². The van der Waals surface area contributed by atoms with Crippen LogP contribution >= 0.6 is 0 Å². The van der Waals surface area contributed by atoms with Gasteiger partial charge in [0.15, 0.2) is 0 Å². The maximum absolute atomic E-state index is 8.29. The minimum atomic E-state index is -0.750. The topological polar surface area (TPSA) is 86.2 Å². The van der Waals surface area contributed by atoms with E-state index in [9.17, 15) is 0 Å². The van der Waals surface area contributed by atoms with Gasteiger partial charge in [0.2, 0.25) is 0 Å². The summed E-state index contributed by atoms with van der Waals surface area (Å²) in [6.45, 7) is 2.94. The lowest BCUT2D eigenvalue weighted by atomic mass is 9.78. The van der Waals surface area contributed by atoms with Gasteiger partial charge in [0, 0.05) is 12.1 Å².